The topological polar surface area (TPSA) is 55.8 Å². The predicted molar refractivity (Wildman–Crippen MR) is 54.5 cm³/mol. The maximum Gasteiger partial charge on any atom is 0.211 e. The van der Waals surface area contributed by atoms with Gasteiger partial charge in [0.05, 0.1) is 18.9 Å². The van der Waals surface area contributed by atoms with Crippen LogP contribution in [0.15, 0.2) is 0 Å². The number of methoxy groups -OCH3 is 1. The molecule has 0 aromatic carbocycles. The highest BCUT2D eigenvalue weighted by atomic mass is 32.2. The molecule has 0 N–H and O–H groups in total. The zero-order chi connectivity index (χ0) is 11.4. The quantitative estimate of drug-likeness (QED) is 0.609. The number of ether oxygens (including phenoxy) is 2. The Labute approximate surface area is 86.0 Å². The van der Waals surface area contributed by atoms with Crippen LogP contribution >= 0.6 is 0 Å². The lowest BCUT2D eigenvalue weighted by molar-refractivity contribution is -0.149. The smallest absolute Gasteiger partial charge is 0.211 e. The summed E-state index contributed by atoms with van der Waals surface area (Å²) in [6.07, 6.45) is 0.636. The van der Waals surface area contributed by atoms with E-state index < -0.39 is 16.3 Å². The lowest BCUT2D eigenvalue weighted by Crippen LogP contribution is -2.37. The molecule has 0 aliphatic rings. The minimum Gasteiger partial charge on any atom is -0.354 e. The van der Waals surface area contributed by atoms with E-state index in [9.17, 15) is 8.42 Å². The van der Waals surface area contributed by atoms with Gasteiger partial charge in [-0.1, -0.05) is 0 Å². The first kappa shape index (κ1) is 13.8. The Balaban J connectivity index is 4.19. The molecule has 0 radical (unpaired) electrons. The second kappa shape index (κ2) is 5.65. The Morgan fingerprint density at radius 2 is 1.86 bits per heavy atom. The minimum absolute atomic E-state index is 0.00732. The molecule has 14 heavy (non-hydrogen) atoms. The Kier molecular flexibility index (Phi) is 5.58. The van der Waals surface area contributed by atoms with E-state index in [1.54, 1.807) is 0 Å². The molecule has 0 fully saturated rings. The first-order valence-corrected chi connectivity index (χ1v) is 6.21. The number of likely N-dealkylation sites (N-methyl/N-ethyl adjacent to an activating group) is 1. The van der Waals surface area contributed by atoms with Gasteiger partial charge in [0.15, 0.2) is 6.29 Å². The zero-order valence-electron chi connectivity index (χ0n) is 9.35. The van der Waals surface area contributed by atoms with Gasteiger partial charge in [0, 0.05) is 14.2 Å². The van der Waals surface area contributed by atoms with Gasteiger partial charge >= 0.3 is 0 Å². The third-order valence-electron chi connectivity index (χ3n) is 1.66. The second-order valence-electron chi connectivity index (χ2n) is 3.39. The summed E-state index contributed by atoms with van der Waals surface area (Å²) < 4.78 is 33.7. The van der Waals surface area contributed by atoms with Crippen LogP contribution in [0.1, 0.15) is 13.8 Å². The van der Waals surface area contributed by atoms with Crippen molar-refractivity contribution >= 4 is 10.0 Å². The van der Waals surface area contributed by atoms with Crippen LogP contribution in [0.25, 0.3) is 0 Å². The van der Waals surface area contributed by atoms with Crippen molar-refractivity contribution in [3.63, 3.8) is 0 Å². The summed E-state index contributed by atoms with van der Waals surface area (Å²) in [6.45, 7) is 3.94. The fourth-order valence-corrected chi connectivity index (χ4v) is 1.21. The lowest BCUT2D eigenvalue weighted by Gasteiger charge is -2.23. The Morgan fingerprint density at radius 3 is 2.14 bits per heavy atom. The summed E-state index contributed by atoms with van der Waals surface area (Å²) in [5.41, 5.74) is 0. The van der Waals surface area contributed by atoms with Crippen LogP contribution < -0.4 is 0 Å². The maximum absolute atomic E-state index is 11.1. The van der Waals surface area contributed by atoms with Crippen LogP contribution in [0, 0.1) is 0 Å². The van der Waals surface area contributed by atoms with Gasteiger partial charge in [0.25, 0.3) is 0 Å². The molecule has 0 amide bonds. The van der Waals surface area contributed by atoms with Crippen LogP contribution in [0.2, 0.25) is 0 Å². The van der Waals surface area contributed by atoms with E-state index in [1.807, 2.05) is 13.8 Å². The summed E-state index contributed by atoms with van der Waals surface area (Å²) in [5.74, 6) is 0. The highest BCUT2D eigenvalue weighted by Crippen LogP contribution is 2.03. The highest BCUT2D eigenvalue weighted by molar-refractivity contribution is 7.88. The van der Waals surface area contributed by atoms with Gasteiger partial charge in [-0.25, -0.2) is 12.7 Å². The van der Waals surface area contributed by atoms with Crippen molar-refractivity contribution < 1.29 is 17.9 Å². The van der Waals surface area contributed by atoms with Crippen molar-refractivity contribution in [2.45, 2.75) is 26.2 Å². The monoisotopic (exact) mass is 225 g/mol. The summed E-state index contributed by atoms with van der Waals surface area (Å²) in [4.78, 5) is 0. The lowest BCUT2D eigenvalue weighted by atomic mass is 10.5. The predicted octanol–water partition coefficient (Wildman–Crippen LogP) is 0.275. The molecule has 0 saturated carbocycles. The van der Waals surface area contributed by atoms with Crippen LogP contribution in [0.5, 0.6) is 0 Å². The van der Waals surface area contributed by atoms with Crippen molar-refractivity contribution in [2.24, 2.45) is 0 Å². The summed E-state index contributed by atoms with van der Waals surface area (Å²) >= 11 is 0. The van der Waals surface area contributed by atoms with Gasteiger partial charge in [0.2, 0.25) is 10.0 Å². The van der Waals surface area contributed by atoms with Gasteiger partial charge in [-0.2, -0.15) is 0 Å². The standard InChI is InChI=1S/C8H19NO4S/c1-7(2)13-8(12-4)6-9(3)14(5,10)11/h7-8H,6H2,1-5H3/t8-/m0/s1. The molecule has 0 aromatic rings. The van der Waals surface area contributed by atoms with Crippen LogP contribution in [0.4, 0.5) is 0 Å². The van der Waals surface area contributed by atoms with Gasteiger partial charge in [-0.05, 0) is 13.8 Å². The molecule has 0 saturated heterocycles. The Hall–Kier alpha value is -0.170. The molecule has 0 heterocycles. The van der Waals surface area contributed by atoms with Crippen molar-refractivity contribution in [3.05, 3.63) is 0 Å². The highest BCUT2D eigenvalue weighted by Gasteiger charge is 2.18. The van der Waals surface area contributed by atoms with Gasteiger partial charge < -0.3 is 9.47 Å². The van der Waals surface area contributed by atoms with Crippen LogP contribution in [0.3, 0.4) is 0 Å². The zero-order valence-corrected chi connectivity index (χ0v) is 10.2. The van der Waals surface area contributed by atoms with Gasteiger partial charge in [-0.3, -0.25) is 0 Å². The van der Waals surface area contributed by atoms with Crippen LogP contribution in [-0.2, 0) is 19.5 Å². The second-order valence-corrected chi connectivity index (χ2v) is 5.48. The fraction of sp³-hybridized carbons (Fsp3) is 1.00. The largest absolute Gasteiger partial charge is 0.354 e. The summed E-state index contributed by atoms with van der Waals surface area (Å²) in [7, 11) is -0.190. The van der Waals surface area contributed by atoms with E-state index in [1.165, 1.54) is 18.5 Å². The summed E-state index contributed by atoms with van der Waals surface area (Å²) in [5, 5.41) is 0. The molecular weight excluding hydrogens is 206 g/mol. The molecule has 0 unspecified atom stereocenters. The van der Waals surface area contributed by atoms with E-state index in [4.69, 9.17) is 9.47 Å². The normalized spacial score (nSPS) is 15.1. The first-order chi connectivity index (χ1) is 6.27. The Bertz CT molecular complexity index is 250. The SMILES string of the molecule is CO[C@H](CN(C)S(C)(=O)=O)OC(C)C. The van der Waals surface area contributed by atoms with Gasteiger partial charge in [-0.15, -0.1) is 0 Å². The molecule has 5 nitrogen and oxygen atoms in total. The average Bonchev–Trinajstić information content (AvgIpc) is 2.00. The number of nitrogens with zero attached hydrogens (tertiary/aromatic N) is 1. The molecular formula is C8H19NO4S. The van der Waals surface area contributed by atoms with Crippen LogP contribution in [-0.4, -0.2) is 52.1 Å². The van der Waals surface area contributed by atoms with E-state index in [-0.39, 0.29) is 12.6 Å². The van der Waals surface area contributed by atoms with E-state index in [0.29, 0.717) is 0 Å². The molecule has 1 atom stereocenters. The molecule has 0 rings (SSSR count). The van der Waals surface area contributed by atoms with E-state index >= 15 is 0 Å². The molecule has 0 spiro atoms. The van der Waals surface area contributed by atoms with E-state index in [0.717, 1.165) is 6.26 Å². The van der Waals surface area contributed by atoms with Crippen molar-refractivity contribution in [3.8, 4) is 0 Å². The molecule has 0 aliphatic heterocycles. The molecule has 0 aromatic heterocycles. The molecule has 6 heteroatoms. The Morgan fingerprint density at radius 1 is 1.36 bits per heavy atom. The minimum atomic E-state index is -3.17. The third-order valence-corrected chi connectivity index (χ3v) is 2.94. The van der Waals surface area contributed by atoms with Gasteiger partial charge in [0.1, 0.15) is 0 Å². The van der Waals surface area contributed by atoms with E-state index in [2.05, 4.69) is 0 Å². The third kappa shape index (κ3) is 5.54. The fourth-order valence-electron chi connectivity index (χ4n) is 0.822. The molecule has 86 valence electrons. The molecule has 0 aliphatic carbocycles. The number of rotatable bonds is 6. The summed E-state index contributed by atoms with van der Waals surface area (Å²) in [6, 6.07) is 0. The number of hydrogen-bond donors (Lipinski definition) is 0. The molecule has 0 bridgehead atoms. The first-order valence-electron chi connectivity index (χ1n) is 4.37. The maximum atomic E-state index is 11.1. The number of sulfonamides is 1. The number of hydrogen-bond acceptors (Lipinski definition) is 4. The van der Waals surface area contributed by atoms with Crippen molar-refractivity contribution in [1.82, 2.24) is 4.31 Å². The van der Waals surface area contributed by atoms with Crippen molar-refractivity contribution in [2.75, 3.05) is 27.0 Å². The van der Waals surface area contributed by atoms with Crippen molar-refractivity contribution in [1.29, 1.82) is 0 Å². The average molecular weight is 225 g/mol.